The Kier molecular flexibility index (Phi) is 4.24. The number of nitrogens with one attached hydrogen (secondary N) is 1. The fourth-order valence-corrected chi connectivity index (χ4v) is 3.83. The molecule has 0 unspecified atom stereocenters. The lowest BCUT2D eigenvalue weighted by Crippen LogP contribution is -2.42. The number of aromatic amines is 1. The first-order valence-electron chi connectivity index (χ1n) is 8.32. The minimum Gasteiger partial charge on any atom is -0.375 e. The molecule has 25 heavy (non-hydrogen) atoms. The topological polar surface area (TPSA) is 45.3 Å². The van der Waals surface area contributed by atoms with Crippen molar-refractivity contribution in [1.29, 1.82) is 0 Å². The Hall–Kier alpha value is -2.30. The molecular formula is C20H19ClN2O2. The fourth-order valence-electron chi connectivity index (χ4n) is 3.71. The minimum atomic E-state index is -0.156. The minimum absolute atomic E-state index is 0.00763. The number of nitrogens with zero attached hydrogens (tertiary/aromatic N) is 1. The van der Waals surface area contributed by atoms with Gasteiger partial charge in [0.25, 0.3) is 0 Å². The molecule has 1 aliphatic rings. The second-order valence-corrected chi connectivity index (χ2v) is 6.72. The summed E-state index contributed by atoms with van der Waals surface area (Å²) in [4.78, 5) is 18.1. The SMILES string of the molecule is COCC(=O)N1CCc2c([nH]c3ccccc23)[C@H]1c1ccc(Cl)cc1. The molecule has 2 aromatic carbocycles. The van der Waals surface area contributed by atoms with E-state index in [0.717, 1.165) is 23.2 Å². The number of carbonyl (C=O) groups excluding carboxylic acids is 1. The Balaban J connectivity index is 1.87. The molecule has 0 fully saturated rings. The number of H-pyrrole nitrogens is 1. The van der Waals surface area contributed by atoms with E-state index in [1.54, 1.807) is 7.11 Å². The number of amides is 1. The number of aromatic nitrogens is 1. The summed E-state index contributed by atoms with van der Waals surface area (Å²) in [5, 5.41) is 1.92. The van der Waals surface area contributed by atoms with Gasteiger partial charge in [-0.05, 0) is 35.7 Å². The Bertz CT molecular complexity index is 917. The molecule has 0 bridgehead atoms. The quantitative estimate of drug-likeness (QED) is 0.774. The second kappa shape index (κ2) is 6.54. The summed E-state index contributed by atoms with van der Waals surface area (Å²) in [5.41, 5.74) is 4.52. The maximum absolute atomic E-state index is 12.6. The van der Waals surface area contributed by atoms with Crippen molar-refractivity contribution in [3.8, 4) is 0 Å². The van der Waals surface area contributed by atoms with Crippen molar-refractivity contribution in [2.45, 2.75) is 12.5 Å². The number of benzene rings is 2. The van der Waals surface area contributed by atoms with Gasteiger partial charge < -0.3 is 14.6 Å². The van der Waals surface area contributed by atoms with Crippen molar-refractivity contribution in [3.63, 3.8) is 0 Å². The number of hydrogen-bond acceptors (Lipinski definition) is 2. The second-order valence-electron chi connectivity index (χ2n) is 6.29. The Morgan fingerprint density at radius 2 is 2.00 bits per heavy atom. The average molecular weight is 355 g/mol. The zero-order valence-electron chi connectivity index (χ0n) is 14.0. The molecular weight excluding hydrogens is 336 g/mol. The normalized spacial score (nSPS) is 16.9. The molecule has 1 amide bonds. The van der Waals surface area contributed by atoms with Crippen LogP contribution in [0, 0.1) is 0 Å². The number of fused-ring (bicyclic) bond motifs is 3. The van der Waals surface area contributed by atoms with E-state index in [-0.39, 0.29) is 18.6 Å². The van der Waals surface area contributed by atoms with Crippen molar-refractivity contribution in [2.75, 3.05) is 20.3 Å². The van der Waals surface area contributed by atoms with Gasteiger partial charge in [0.2, 0.25) is 5.91 Å². The molecule has 3 aromatic rings. The van der Waals surface area contributed by atoms with Crippen LogP contribution in [0.3, 0.4) is 0 Å². The smallest absolute Gasteiger partial charge is 0.249 e. The van der Waals surface area contributed by atoms with Crippen LogP contribution in [0.4, 0.5) is 0 Å². The lowest BCUT2D eigenvalue weighted by atomic mass is 9.92. The first-order chi connectivity index (χ1) is 12.2. The monoisotopic (exact) mass is 354 g/mol. The Morgan fingerprint density at radius 1 is 1.24 bits per heavy atom. The predicted octanol–water partition coefficient (Wildman–Crippen LogP) is 3.94. The van der Waals surface area contributed by atoms with Crippen molar-refractivity contribution >= 4 is 28.4 Å². The van der Waals surface area contributed by atoms with Gasteiger partial charge in [0.15, 0.2) is 0 Å². The van der Waals surface area contributed by atoms with Gasteiger partial charge >= 0.3 is 0 Å². The lowest BCUT2D eigenvalue weighted by molar-refractivity contribution is -0.137. The third-order valence-corrected chi connectivity index (χ3v) is 5.06. The third-order valence-electron chi connectivity index (χ3n) is 4.81. The van der Waals surface area contributed by atoms with Crippen molar-refractivity contribution in [3.05, 3.63) is 70.4 Å². The zero-order chi connectivity index (χ0) is 17.4. The van der Waals surface area contributed by atoms with Crippen molar-refractivity contribution in [2.24, 2.45) is 0 Å². The molecule has 0 saturated heterocycles. The molecule has 4 rings (SSSR count). The van der Waals surface area contributed by atoms with Crippen molar-refractivity contribution < 1.29 is 9.53 Å². The first kappa shape index (κ1) is 16.2. The molecule has 1 atom stereocenters. The van der Waals surface area contributed by atoms with Crippen LogP contribution in [0.25, 0.3) is 10.9 Å². The van der Waals surface area contributed by atoms with Gasteiger partial charge in [-0.15, -0.1) is 0 Å². The summed E-state index contributed by atoms with van der Waals surface area (Å²) in [5.74, 6) is -0.00763. The molecule has 0 spiro atoms. The third kappa shape index (κ3) is 2.81. The molecule has 0 aliphatic carbocycles. The zero-order valence-corrected chi connectivity index (χ0v) is 14.7. The van der Waals surface area contributed by atoms with Gasteiger partial charge in [-0.1, -0.05) is 41.9 Å². The van der Waals surface area contributed by atoms with E-state index in [1.165, 1.54) is 10.9 Å². The summed E-state index contributed by atoms with van der Waals surface area (Å²) >= 11 is 6.06. The average Bonchev–Trinajstić information content (AvgIpc) is 3.00. The highest BCUT2D eigenvalue weighted by atomic mass is 35.5. The predicted molar refractivity (Wildman–Crippen MR) is 98.9 cm³/mol. The van der Waals surface area contributed by atoms with Crippen LogP contribution < -0.4 is 0 Å². The van der Waals surface area contributed by atoms with Crippen LogP contribution in [-0.2, 0) is 16.0 Å². The number of carbonyl (C=O) groups is 1. The standard InChI is InChI=1S/C20H19ClN2O2/c1-25-12-18(24)23-11-10-16-15-4-2-3-5-17(15)22-19(16)20(23)13-6-8-14(21)9-7-13/h2-9,20,22H,10-12H2,1H3/t20-/m1/s1. The molecule has 1 aliphatic heterocycles. The van der Waals surface area contributed by atoms with E-state index >= 15 is 0 Å². The van der Waals surface area contributed by atoms with E-state index in [4.69, 9.17) is 16.3 Å². The van der Waals surface area contributed by atoms with Gasteiger partial charge in [0.05, 0.1) is 6.04 Å². The maximum atomic E-state index is 12.6. The van der Waals surface area contributed by atoms with E-state index in [9.17, 15) is 4.79 Å². The summed E-state index contributed by atoms with van der Waals surface area (Å²) in [6.07, 6.45) is 0.832. The molecule has 5 heteroatoms. The van der Waals surface area contributed by atoms with Crippen molar-refractivity contribution in [1.82, 2.24) is 9.88 Å². The van der Waals surface area contributed by atoms with Crippen LogP contribution in [0.15, 0.2) is 48.5 Å². The number of para-hydroxylation sites is 1. The van der Waals surface area contributed by atoms with Gasteiger partial charge in [-0.25, -0.2) is 0 Å². The van der Waals surface area contributed by atoms with Crippen LogP contribution in [-0.4, -0.2) is 36.1 Å². The summed E-state index contributed by atoms with van der Waals surface area (Å²) < 4.78 is 5.08. The largest absolute Gasteiger partial charge is 0.375 e. The van der Waals surface area contributed by atoms with Crippen LogP contribution >= 0.6 is 11.6 Å². The van der Waals surface area contributed by atoms with Crippen LogP contribution in [0.1, 0.15) is 22.9 Å². The number of hydrogen-bond donors (Lipinski definition) is 1. The van der Waals surface area contributed by atoms with E-state index < -0.39 is 0 Å². The first-order valence-corrected chi connectivity index (χ1v) is 8.70. The van der Waals surface area contributed by atoms with Crippen LogP contribution in [0.2, 0.25) is 5.02 Å². The lowest BCUT2D eigenvalue weighted by Gasteiger charge is -2.36. The molecule has 128 valence electrons. The maximum Gasteiger partial charge on any atom is 0.249 e. The Labute approximate surface area is 151 Å². The highest BCUT2D eigenvalue weighted by molar-refractivity contribution is 6.30. The number of rotatable bonds is 3. The summed E-state index contributed by atoms with van der Waals surface area (Å²) in [6.45, 7) is 0.754. The highest BCUT2D eigenvalue weighted by Gasteiger charge is 2.34. The van der Waals surface area contributed by atoms with E-state index in [2.05, 4.69) is 23.2 Å². The van der Waals surface area contributed by atoms with Gasteiger partial charge in [0.1, 0.15) is 6.61 Å². The van der Waals surface area contributed by atoms with Gasteiger partial charge in [-0.3, -0.25) is 4.79 Å². The van der Waals surface area contributed by atoms with Gasteiger partial charge in [0, 0.05) is 35.3 Å². The molecule has 1 aromatic heterocycles. The van der Waals surface area contributed by atoms with E-state index in [0.29, 0.717) is 11.6 Å². The number of methoxy groups -OCH3 is 1. The van der Waals surface area contributed by atoms with Crippen LogP contribution in [0.5, 0.6) is 0 Å². The summed E-state index contributed by atoms with van der Waals surface area (Å²) in [6, 6.07) is 15.8. The number of halogens is 1. The fraction of sp³-hybridized carbons (Fsp3) is 0.250. The molecule has 0 saturated carbocycles. The molecule has 1 N–H and O–H groups in total. The van der Waals surface area contributed by atoms with Gasteiger partial charge in [-0.2, -0.15) is 0 Å². The number of ether oxygens (including phenoxy) is 1. The van der Waals surface area contributed by atoms with E-state index in [1.807, 2.05) is 35.2 Å². The highest BCUT2D eigenvalue weighted by Crippen LogP contribution is 2.38. The molecule has 4 nitrogen and oxygen atoms in total. The molecule has 0 radical (unpaired) electrons. The molecule has 2 heterocycles. The Morgan fingerprint density at radius 3 is 2.76 bits per heavy atom. The summed E-state index contributed by atoms with van der Waals surface area (Å²) in [7, 11) is 1.55.